The lowest BCUT2D eigenvalue weighted by Gasteiger charge is -2.38. The molecular weight excluding hydrogens is 272 g/mol. The third kappa shape index (κ3) is 2.75. The van der Waals surface area contributed by atoms with Crippen LogP contribution in [0, 0.1) is 6.92 Å². The highest BCUT2D eigenvalue weighted by Gasteiger charge is 2.36. The van der Waals surface area contributed by atoms with Gasteiger partial charge in [-0.25, -0.2) is 8.42 Å². The molecule has 20 heavy (non-hydrogen) atoms. The van der Waals surface area contributed by atoms with E-state index in [1.165, 1.54) is 0 Å². The molecular formula is C15H24N2O2S. The second-order valence-electron chi connectivity index (χ2n) is 5.77. The molecule has 1 heterocycles. The Labute approximate surface area is 122 Å². The van der Waals surface area contributed by atoms with E-state index in [9.17, 15) is 8.42 Å². The maximum atomic E-state index is 12.9. The largest absolute Gasteiger partial charge is 0.326 e. The van der Waals surface area contributed by atoms with Gasteiger partial charge in [-0.05, 0) is 50.8 Å². The summed E-state index contributed by atoms with van der Waals surface area (Å²) < 4.78 is 27.5. The molecule has 1 aliphatic rings. The minimum absolute atomic E-state index is 0.0670. The van der Waals surface area contributed by atoms with Crippen LogP contribution in [0.25, 0.3) is 0 Å². The quantitative estimate of drug-likeness (QED) is 0.931. The molecule has 0 amide bonds. The fourth-order valence-electron chi connectivity index (χ4n) is 3.11. The summed E-state index contributed by atoms with van der Waals surface area (Å²) in [6.07, 6.45) is 2.96. The molecule has 1 aromatic rings. The number of rotatable bonds is 3. The normalized spacial score (nSPS) is 24.8. The van der Waals surface area contributed by atoms with Gasteiger partial charge in [-0.2, -0.15) is 4.31 Å². The highest BCUT2D eigenvalue weighted by molar-refractivity contribution is 7.89. The first-order valence-electron chi connectivity index (χ1n) is 7.21. The molecule has 1 fully saturated rings. The number of benzene rings is 1. The maximum absolute atomic E-state index is 12.9. The minimum atomic E-state index is -3.42. The van der Waals surface area contributed by atoms with E-state index in [1.807, 2.05) is 26.8 Å². The van der Waals surface area contributed by atoms with Crippen LogP contribution in [0.5, 0.6) is 0 Å². The van der Waals surface area contributed by atoms with E-state index in [-0.39, 0.29) is 12.1 Å². The summed E-state index contributed by atoms with van der Waals surface area (Å²) in [5.41, 5.74) is 7.34. The van der Waals surface area contributed by atoms with E-state index in [4.69, 9.17) is 5.73 Å². The van der Waals surface area contributed by atoms with E-state index >= 15 is 0 Å². The SMILES string of the molecule is Cc1cc(CN)ccc1S(=O)(=O)N1C(C)CCCC1C. The molecule has 1 saturated heterocycles. The van der Waals surface area contributed by atoms with Crippen molar-refractivity contribution in [1.29, 1.82) is 0 Å². The molecule has 2 unspecified atom stereocenters. The zero-order valence-electron chi connectivity index (χ0n) is 12.5. The van der Waals surface area contributed by atoms with Crippen molar-refractivity contribution < 1.29 is 8.42 Å². The molecule has 1 aliphatic heterocycles. The van der Waals surface area contributed by atoms with Crippen molar-refractivity contribution >= 4 is 10.0 Å². The van der Waals surface area contributed by atoms with E-state index < -0.39 is 10.0 Å². The Morgan fingerprint density at radius 3 is 2.35 bits per heavy atom. The van der Waals surface area contributed by atoms with Crippen LogP contribution in [-0.4, -0.2) is 24.8 Å². The van der Waals surface area contributed by atoms with Crippen molar-refractivity contribution in [2.24, 2.45) is 5.73 Å². The van der Waals surface area contributed by atoms with Gasteiger partial charge in [-0.1, -0.05) is 18.6 Å². The summed E-state index contributed by atoms with van der Waals surface area (Å²) in [5.74, 6) is 0. The number of hydrogen-bond acceptors (Lipinski definition) is 3. The van der Waals surface area contributed by atoms with Crippen molar-refractivity contribution in [2.45, 2.75) is 63.6 Å². The van der Waals surface area contributed by atoms with Crippen molar-refractivity contribution in [3.63, 3.8) is 0 Å². The molecule has 0 spiro atoms. The van der Waals surface area contributed by atoms with Gasteiger partial charge in [0, 0.05) is 18.6 Å². The molecule has 5 heteroatoms. The Bertz CT molecular complexity index is 574. The molecule has 0 aliphatic carbocycles. The summed E-state index contributed by atoms with van der Waals surface area (Å²) in [4.78, 5) is 0.412. The molecule has 0 aromatic heterocycles. The van der Waals surface area contributed by atoms with Gasteiger partial charge in [-0.15, -0.1) is 0 Å². The molecule has 4 nitrogen and oxygen atoms in total. The van der Waals surface area contributed by atoms with Crippen molar-refractivity contribution in [3.05, 3.63) is 29.3 Å². The van der Waals surface area contributed by atoms with Gasteiger partial charge >= 0.3 is 0 Å². The third-order valence-electron chi connectivity index (χ3n) is 4.14. The summed E-state index contributed by atoms with van der Waals surface area (Å²) >= 11 is 0. The summed E-state index contributed by atoms with van der Waals surface area (Å²) in [5, 5.41) is 0. The Morgan fingerprint density at radius 2 is 1.85 bits per heavy atom. The van der Waals surface area contributed by atoms with Gasteiger partial charge in [0.25, 0.3) is 0 Å². The van der Waals surface area contributed by atoms with Gasteiger partial charge in [0.15, 0.2) is 0 Å². The smallest absolute Gasteiger partial charge is 0.243 e. The Morgan fingerprint density at radius 1 is 1.25 bits per heavy atom. The zero-order chi connectivity index (χ0) is 14.9. The first-order chi connectivity index (χ1) is 9.37. The Hall–Kier alpha value is -0.910. The molecule has 0 saturated carbocycles. The highest BCUT2D eigenvalue weighted by Crippen LogP contribution is 2.30. The Kier molecular flexibility index (Phi) is 4.52. The number of sulfonamides is 1. The van der Waals surface area contributed by atoms with Crippen LogP contribution >= 0.6 is 0 Å². The first kappa shape index (κ1) is 15.5. The van der Waals surface area contributed by atoms with Crippen LogP contribution in [0.2, 0.25) is 0 Å². The van der Waals surface area contributed by atoms with Crippen LogP contribution in [0.4, 0.5) is 0 Å². The van der Waals surface area contributed by atoms with Crippen molar-refractivity contribution in [2.75, 3.05) is 0 Å². The Balaban J connectivity index is 2.44. The standard InChI is InChI=1S/C15H24N2O2S/c1-11-9-14(10-16)7-8-15(11)20(18,19)17-12(2)5-4-6-13(17)3/h7-9,12-13H,4-6,10,16H2,1-3H3. The third-order valence-corrected chi connectivity index (χ3v) is 6.43. The monoisotopic (exact) mass is 296 g/mol. The molecule has 2 atom stereocenters. The summed E-state index contributed by atoms with van der Waals surface area (Å²) in [7, 11) is -3.42. The number of nitrogens with zero attached hydrogens (tertiary/aromatic N) is 1. The van der Waals surface area contributed by atoms with Crippen LogP contribution in [-0.2, 0) is 16.6 Å². The molecule has 0 bridgehead atoms. The second kappa shape index (κ2) is 5.84. The fraction of sp³-hybridized carbons (Fsp3) is 0.600. The van der Waals surface area contributed by atoms with E-state index in [2.05, 4.69) is 0 Å². The van der Waals surface area contributed by atoms with E-state index in [0.29, 0.717) is 11.4 Å². The molecule has 2 rings (SSSR count). The lowest BCUT2D eigenvalue weighted by molar-refractivity contribution is 0.204. The highest BCUT2D eigenvalue weighted by atomic mass is 32.2. The summed E-state index contributed by atoms with van der Waals surface area (Å²) in [6, 6.07) is 5.50. The number of nitrogens with two attached hydrogens (primary N) is 1. The predicted molar refractivity (Wildman–Crippen MR) is 80.9 cm³/mol. The molecule has 1 aromatic carbocycles. The number of aryl methyl sites for hydroxylation is 1. The van der Waals surface area contributed by atoms with Gasteiger partial charge in [0.2, 0.25) is 10.0 Å². The maximum Gasteiger partial charge on any atom is 0.243 e. The van der Waals surface area contributed by atoms with Crippen molar-refractivity contribution in [3.8, 4) is 0 Å². The molecule has 2 N–H and O–H groups in total. The molecule has 0 radical (unpaired) electrons. The number of piperidine rings is 1. The molecule has 112 valence electrons. The van der Waals surface area contributed by atoms with Gasteiger partial charge in [0.1, 0.15) is 0 Å². The fourth-order valence-corrected chi connectivity index (χ4v) is 5.20. The number of hydrogen-bond donors (Lipinski definition) is 1. The van der Waals surface area contributed by atoms with Gasteiger partial charge in [-0.3, -0.25) is 0 Å². The van der Waals surface area contributed by atoms with Crippen LogP contribution in [0.15, 0.2) is 23.1 Å². The van der Waals surface area contributed by atoms with Crippen molar-refractivity contribution in [1.82, 2.24) is 4.31 Å². The van der Waals surface area contributed by atoms with Crippen LogP contribution < -0.4 is 5.73 Å². The minimum Gasteiger partial charge on any atom is -0.326 e. The van der Waals surface area contributed by atoms with E-state index in [1.54, 1.807) is 16.4 Å². The second-order valence-corrected chi connectivity index (χ2v) is 7.58. The lowest BCUT2D eigenvalue weighted by Crippen LogP contribution is -2.47. The topological polar surface area (TPSA) is 63.4 Å². The van der Waals surface area contributed by atoms with E-state index in [0.717, 1.165) is 30.4 Å². The average molecular weight is 296 g/mol. The first-order valence-corrected chi connectivity index (χ1v) is 8.65. The predicted octanol–water partition coefficient (Wildman–Crippen LogP) is 2.41. The summed E-state index contributed by atoms with van der Waals surface area (Å²) in [6.45, 7) is 6.26. The van der Waals surface area contributed by atoms with Crippen LogP contribution in [0.1, 0.15) is 44.2 Å². The van der Waals surface area contributed by atoms with Gasteiger partial charge < -0.3 is 5.73 Å². The average Bonchev–Trinajstić information content (AvgIpc) is 2.37. The van der Waals surface area contributed by atoms with Crippen LogP contribution in [0.3, 0.4) is 0 Å². The van der Waals surface area contributed by atoms with Gasteiger partial charge in [0.05, 0.1) is 4.90 Å². The zero-order valence-corrected chi connectivity index (χ0v) is 13.3. The lowest BCUT2D eigenvalue weighted by atomic mass is 10.0.